The number of hydrogen-bond donors (Lipinski definition) is 1. The fraction of sp³-hybridized carbons (Fsp3) is 0.562. The molecule has 114 valence electrons. The van der Waals surface area contributed by atoms with Crippen molar-refractivity contribution in [2.24, 2.45) is 0 Å². The van der Waals surface area contributed by atoms with Crippen LogP contribution in [0.4, 0.5) is 0 Å². The van der Waals surface area contributed by atoms with Crippen LogP contribution in [0, 0.1) is 0 Å². The van der Waals surface area contributed by atoms with Crippen LogP contribution in [0.25, 0.3) is 0 Å². The highest BCUT2D eigenvalue weighted by Crippen LogP contribution is 2.31. The van der Waals surface area contributed by atoms with E-state index in [2.05, 4.69) is 5.32 Å². The van der Waals surface area contributed by atoms with E-state index in [9.17, 15) is 4.79 Å². The third kappa shape index (κ3) is 3.29. The first kappa shape index (κ1) is 14.2. The molecule has 1 unspecified atom stereocenters. The molecule has 1 N–H and O–H groups in total. The minimum absolute atomic E-state index is 0.0269. The maximum atomic E-state index is 12.4. The number of amides is 1. The van der Waals surface area contributed by atoms with Crippen molar-refractivity contribution in [2.45, 2.75) is 31.8 Å². The normalized spacial score (nSPS) is 20.9. The highest BCUT2D eigenvalue weighted by atomic mass is 16.6. The highest BCUT2D eigenvalue weighted by Gasteiger charge is 2.23. The van der Waals surface area contributed by atoms with Crippen LogP contribution in [0.2, 0.25) is 0 Å². The summed E-state index contributed by atoms with van der Waals surface area (Å²) in [6, 6.07) is 5.85. The summed E-state index contributed by atoms with van der Waals surface area (Å²) in [5, 5.41) is 3.30. The molecule has 0 spiro atoms. The average Bonchev–Trinajstić information content (AvgIpc) is 2.55. The van der Waals surface area contributed by atoms with E-state index in [1.54, 1.807) is 4.90 Å². The summed E-state index contributed by atoms with van der Waals surface area (Å²) in [7, 11) is 1.86. The van der Waals surface area contributed by atoms with Crippen LogP contribution in [0.15, 0.2) is 18.2 Å². The summed E-state index contributed by atoms with van der Waals surface area (Å²) < 4.78 is 11.1. The van der Waals surface area contributed by atoms with Crippen molar-refractivity contribution < 1.29 is 14.3 Å². The van der Waals surface area contributed by atoms with E-state index in [-0.39, 0.29) is 11.9 Å². The lowest BCUT2D eigenvalue weighted by Crippen LogP contribution is -2.46. The van der Waals surface area contributed by atoms with Crippen molar-refractivity contribution in [1.29, 1.82) is 0 Å². The first-order valence-corrected chi connectivity index (χ1v) is 7.61. The molecule has 0 aromatic heterocycles. The minimum Gasteiger partial charge on any atom is -0.486 e. The molecule has 1 aromatic carbocycles. The molecule has 3 rings (SSSR count). The molecule has 1 saturated heterocycles. The zero-order valence-electron chi connectivity index (χ0n) is 12.4. The summed E-state index contributed by atoms with van der Waals surface area (Å²) in [4.78, 5) is 14.2. The third-order valence-corrected chi connectivity index (χ3v) is 4.01. The minimum atomic E-state index is -0.0269. The van der Waals surface area contributed by atoms with Crippen molar-refractivity contribution in [3.63, 3.8) is 0 Å². The van der Waals surface area contributed by atoms with E-state index in [1.807, 2.05) is 25.2 Å². The largest absolute Gasteiger partial charge is 0.486 e. The number of carbonyl (C=O) groups is 1. The number of nitrogens with one attached hydrogen (secondary N) is 1. The molecule has 1 atom stereocenters. The molecule has 1 aromatic rings. The van der Waals surface area contributed by atoms with E-state index < -0.39 is 0 Å². The van der Waals surface area contributed by atoms with Gasteiger partial charge in [-0.1, -0.05) is 12.5 Å². The second-order valence-electron chi connectivity index (χ2n) is 5.67. The Morgan fingerprint density at radius 2 is 2.10 bits per heavy atom. The van der Waals surface area contributed by atoms with Gasteiger partial charge in [0, 0.05) is 13.6 Å². The predicted octanol–water partition coefficient (Wildman–Crippen LogP) is 1.56. The number of rotatable bonds is 3. The van der Waals surface area contributed by atoms with Crippen molar-refractivity contribution in [3.8, 4) is 11.5 Å². The maximum absolute atomic E-state index is 12.4. The van der Waals surface area contributed by atoms with Crippen molar-refractivity contribution in [1.82, 2.24) is 10.2 Å². The summed E-state index contributed by atoms with van der Waals surface area (Å²) in [5.74, 6) is 1.73. The quantitative estimate of drug-likeness (QED) is 0.918. The lowest BCUT2D eigenvalue weighted by molar-refractivity contribution is -0.133. The van der Waals surface area contributed by atoms with Crippen molar-refractivity contribution in [3.05, 3.63) is 23.8 Å². The second-order valence-corrected chi connectivity index (χ2v) is 5.67. The fourth-order valence-corrected chi connectivity index (χ4v) is 2.87. The van der Waals surface area contributed by atoms with E-state index in [0.717, 1.165) is 42.9 Å². The third-order valence-electron chi connectivity index (χ3n) is 4.01. The molecule has 2 heterocycles. The summed E-state index contributed by atoms with van der Waals surface area (Å²) in [6.45, 7) is 2.71. The smallest absolute Gasteiger partial charge is 0.239 e. The van der Waals surface area contributed by atoms with Gasteiger partial charge in [-0.15, -0.1) is 0 Å². The van der Waals surface area contributed by atoms with Gasteiger partial charge in [0.1, 0.15) is 13.2 Å². The molecule has 0 radical (unpaired) electrons. The topological polar surface area (TPSA) is 50.8 Å². The summed E-state index contributed by atoms with van der Waals surface area (Å²) in [5.41, 5.74) is 1.06. The first-order valence-electron chi connectivity index (χ1n) is 7.61. The van der Waals surface area contributed by atoms with Crippen molar-refractivity contribution >= 4 is 5.91 Å². The van der Waals surface area contributed by atoms with E-state index in [1.165, 1.54) is 0 Å². The fourth-order valence-electron chi connectivity index (χ4n) is 2.87. The van der Waals surface area contributed by atoms with Gasteiger partial charge in [0.2, 0.25) is 5.91 Å². The molecular weight excluding hydrogens is 268 g/mol. The zero-order valence-corrected chi connectivity index (χ0v) is 12.4. The molecule has 21 heavy (non-hydrogen) atoms. The molecule has 1 fully saturated rings. The maximum Gasteiger partial charge on any atom is 0.239 e. The molecule has 0 aliphatic carbocycles. The van der Waals surface area contributed by atoms with Gasteiger partial charge in [-0.3, -0.25) is 4.79 Å². The molecule has 2 aliphatic heterocycles. The van der Waals surface area contributed by atoms with E-state index in [4.69, 9.17) is 9.47 Å². The highest BCUT2D eigenvalue weighted by molar-refractivity contribution is 5.81. The van der Waals surface area contributed by atoms with Crippen LogP contribution in [0.3, 0.4) is 0 Å². The van der Waals surface area contributed by atoms with Gasteiger partial charge < -0.3 is 19.7 Å². The van der Waals surface area contributed by atoms with Gasteiger partial charge in [-0.2, -0.15) is 0 Å². The molecule has 5 nitrogen and oxygen atoms in total. The number of likely N-dealkylation sites (N-methyl/N-ethyl adjacent to an activating group) is 1. The van der Waals surface area contributed by atoms with Gasteiger partial charge in [0.25, 0.3) is 0 Å². The lowest BCUT2D eigenvalue weighted by Gasteiger charge is -2.28. The van der Waals surface area contributed by atoms with Crippen LogP contribution in [0.5, 0.6) is 11.5 Å². The average molecular weight is 290 g/mol. The number of fused-ring (bicyclic) bond motifs is 1. The van der Waals surface area contributed by atoms with E-state index in [0.29, 0.717) is 19.8 Å². The number of piperidine rings is 1. The first-order chi connectivity index (χ1) is 10.2. The van der Waals surface area contributed by atoms with Crippen LogP contribution in [0.1, 0.15) is 24.8 Å². The Morgan fingerprint density at radius 3 is 2.86 bits per heavy atom. The molecule has 5 heteroatoms. The Bertz CT molecular complexity index is 512. The van der Waals surface area contributed by atoms with Gasteiger partial charge >= 0.3 is 0 Å². The lowest BCUT2D eigenvalue weighted by atomic mass is 10.0. The van der Waals surface area contributed by atoms with Gasteiger partial charge in [0.15, 0.2) is 11.5 Å². The number of carbonyl (C=O) groups excluding carboxylic acids is 1. The Balaban J connectivity index is 1.63. The van der Waals surface area contributed by atoms with Gasteiger partial charge in [-0.25, -0.2) is 0 Å². The molecule has 0 saturated carbocycles. The Morgan fingerprint density at radius 1 is 1.29 bits per heavy atom. The zero-order chi connectivity index (χ0) is 14.7. The molecule has 0 bridgehead atoms. The van der Waals surface area contributed by atoms with Gasteiger partial charge in [-0.05, 0) is 37.1 Å². The summed E-state index contributed by atoms with van der Waals surface area (Å²) in [6.07, 6.45) is 3.22. The van der Waals surface area contributed by atoms with Crippen molar-refractivity contribution in [2.75, 3.05) is 26.8 Å². The van der Waals surface area contributed by atoms with E-state index >= 15 is 0 Å². The summed E-state index contributed by atoms with van der Waals surface area (Å²) >= 11 is 0. The van der Waals surface area contributed by atoms with Crippen LogP contribution < -0.4 is 14.8 Å². The van der Waals surface area contributed by atoms with Crippen LogP contribution >= 0.6 is 0 Å². The number of benzene rings is 1. The van der Waals surface area contributed by atoms with Gasteiger partial charge in [0.05, 0.1) is 6.04 Å². The van der Waals surface area contributed by atoms with Crippen LogP contribution in [-0.2, 0) is 11.3 Å². The number of ether oxygens (including phenoxy) is 2. The number of hydrogen-bond acceptors (Lipinski definition) is 4. The molecule has 2 aliphatic rings. The Kier molecular flexibility index (Phi) is 4.29. The van der Waals surface area contributed by atoms with Crippen LogP contribution in [-0.4, -0.2) is 43.7 Å². The Hall–Kier alpha value is -1.75. The monoisotopic (exact) mass is 290 g/mol. The molecule has 1 amide bonds. The molecular formula is C16H22N2O3. The number of nitrogens with zero attached hydrogens (tertiary/aromatic N) is 1. The standard InChI is InChI=1S/C16H22N2O3/c1-18(16(19)13-4-2-3-7-17-13)11-12-5-6-14-15(10-12)21-9-8-20-14/h5-6,10,13,17H,2-4,7-9,11H2,1H3. The Labute approximate surface area is 125 Å². The second kappa shape index (κ2) is 6.35. The predicted molar refractivity (Wildman–Crippen MR) is 79.5 cm³/mol. The SMILES string of the molecule is CN(Cc1ccc2c(c1)OCCO2)C(=O)C1CCCCN1.